The minimum atomic E-state index is 0.152. The van der Waals surface area contributed by atoms with Crippen molar-refractivity contribution in [2.24, 2.45) is 0 Å². The van der Waals surface area contributed by atoms with Crippen LogP contribution in [0.3, 0.4) is 0 Å². The van der Waals surface area contributed by atoms with Crippen LogP contribution in [0.2, 0.25) is 0 Å². The van der Waals surface area contributed by atoms with Crippen molar-refractivity contribution in [3.05, 3.63) is 28.3 Å². The Kier molecular flexibility index (Phi) is 3.03. The summed E-state index contributed by atoms with van der Waals surface area (Å²) in [6, 6.07) is 4.51. The van der Waals surface area contributed by atoms with Crippen LogP contribution >= 0.6 is 11.3 Å². The lowest BCUT2D eigenvalue weighted by atomic mass is 9.80. The predicted molar refractivity (Wildman–Crippen MR) is 77.1 cm³/mol. The zero-order valence-electron chi connectivity index (χ0n) is 11.6. The van der Waals surface area contributed by atoms with E-state index < -0.39 is 0 Å². The quantitative estimate of drug-likeness (QED) is 0.689. The minimum Gasteiger partial charge on any atom is -0.241 e. The number of hydrogen-bond acceptors (Lipinski definition) is 2. The average Bonchev–Trinajstić information content (AvgIpc) is 2.53. The van der Waals surface area contributed by atoms with E-state index in [9.17, 15) is 0 Å². The van der Waals surface area contributed by atoms with Gasteiger partial charge in [0, 0.05) is 0 Å². The van der Waals surface area contributed by atoms with Crippen molar-refractivity contribution in [2.45, 2.75) is 52.9 Å². The molecule has 0 saturated heterocycles. The summed E-state index contributed by atoms with van der Waals surface area (Å²) in [7, 11) is 0. The molecule has 0 spiro atoms. The number of fused-ring (bicyclic) bond motifs is 1. The van der Waals surface area contributed by atoms with Crippen molar-refractivity contribution < 1.29 is 0 Å². The number of aromatic nitrogens is 1. The normalized spacial score (nSPS) is 12.6. The van der Waals surface area contributed by atoms with Crippen LogP contribution in [0.1, 0.15) is 56.7 Å². The molecule has 0 amide bonds. The van der Waals surface area contributed by atoms with Crippen LogP contribution < -0.4 is 0 Å². The molecule has 2 rings (SSSR count). The van der Waals surface area contributed by atoms with E-state index in [-0.39, 0.29) is 5.41 Å². The van der Waals surface area contributed by atoms with E-state index in [4.69, 9.17) is 4.98 Å². The molecule has 2 aromatic rings. The zero-order valence-corrected chi connectivity index (χ0v) is 12.4. The number of aryl methyl sites for hydroxylation is 1. The standard InChI is InChI=1S/C15H21NS/c1-9(2)11-7-8-12-14(16-10(3)17-12)13(11)15(4,5)6/h7-9H,1-6H3. The second kappa shape index (κ2) is 4.09. The van der Waals surface area contributed by atoms with Crippen molar-refractivity contribution in [3.63, 3.8) is 0 Å². The van der Waals surface area contributed by atoms with Crippen LogP contribution in [0.5, 0.6) is 0 Å². The third-order valence-corrected chi connectivity index (χ3v) is 4.01. The van der Waals surface area contributed by atoms with Gasteiger partial charge in [0.25, 0.3) is 0 Å². The SMILES string of the molecule is Cc1nc2c(C(C)(C)C)c(C(C)C)ccc2s1. The molecule has 0 saturated carbocycles. The smallest absolute Gasteiger partial charge is 0.0907 e. The first-order chi connectivity index (χ1) is 7.80. The largest absolute Gasteiger partial charge is 0.241 e. The van der Waals surface area contributed by atoms with Crippen LogP contribution in [-0.2, 0) is 5.41 Å². The average molecular weight is 247 g/mol. The second-order valence-electron chi connectivity index (χ2n) is 6.01. The lowest BCUT2D eigenvalue weighted by Crippen LogP contribution is -2.15. The summed E-state index contributed by atoms with van der Waals surface area (Å²) in [5.74, 6) is 0.552. The summed E-state index contributed by atoms with van der Waals surface area (Å²) < 4.78 is 1.32. The van der Waals surface area contributed by atoms with Gasteiger partial charge < -0.3 is 0 Å². The maximum atomic E-state index is 4.74. The van der Waals surface area contributed by atoms with Crippen LogP contribution in [0.4, 0.5) is 0 Å². The molecule has 0 atom stereocenters. The fourth-order valence-electron chi connectivity index (χ4n) is 2.39. The van der Waals surface area contributed by atoms with Crippen LogP contribution in [-0.4, -0.2) is 4.98 Å². The molecule has 1 nitrogen and oxygen atoms in total. The van der Waals surface area contributed by atoms with Crippen LogP contribution in [0, 0.1) is 6.92 Å². The van der Waals surface area contributed by atoms with Crippen molar-refractivity contribution in [1.29, 1.82) is 0 Å². The van der Waals surface area contributed by atoms with Crippen molar-refractivity contribution in [1.82, 2.24) is 4.98 Å². The minimum absolute atomic E-state index is 0.152. The molecule has 0 N–H and O–H groups in total. The third-order valence-electron chi connectivity index (χ3n) is 3.07. The van der Waals surface area contributed by atoms with E-state index in [1.807, 2.05) is 0 Å². The van der Waals surface area contributed by atoms with Gasteiger partial charge in [0.05, 0.1) is 15.2 Å². The van der Waals surface area contributed by atoms with Gasteiger partial charge in [0.2, 0.25) is 0 Å². The van der Waals surface area contributed by atoms with Gasteiger partial charge in [0.15, 0.2) is 0 Å². The topological polar surface area (TPSA) is 12.9 Å². The first kappa shape index (κ1) is 12.6. The molecule has 1 aromatic carbocycles. The van der Waals surface area contributed by atoms with E-state index in [0.717, 1.165) is 5.01 Å². The lowest BCUT2D eigenvalue weighted by Gasteiger charge is -2.25. The van der Waals surface area contributed by atoms with E-state index in [0.29, 0.717) is 5.92 Å². The Morgan fingerprint density at radius 1 is 1.18 bits per heavy atom. The molecular weight excluding hydrogens is 226 g/mol. The Labute approximate surface area is 108 Å². The predicted octanol–water partition coefficient (Wildman–Crippen LogP) is 5.03. The number of hydrogen-bond donors (Lipinski definition) is 0. The van der Waals surface area contributed by atoms with Gasteiger partial charge in [-0.15, -0.1) is 11.3 Å². The fourth-order valence-corrected chi connectivity index (χ4v) is 3.23. The molecule has 0 aliphatic carbocycles. The van der Waals surface area contributed by atoms with Gasteiger partial charge in [-0.25, -0.2) is 4.98 Å². The molecular formula is C15H21NS. The lowest BCUT2D eigenvalue weighted by molar-refractivity contribution is 0.582. The van der Waals surface area contributed by atoms with E-state index >= 15 is 0 Å². The number of benzene rings is 1. The van der Waals surface area contributed by atoms with E-state index in [1.54, 1.807) is 11.3 Å². The molecule has 0 aliphatic rings. The van der Waals surface area contributed by atoms with Gasteiger partial charge >= 0.3 is 0 Å². The van der Waals surface area contributed by atoms with Gasteiger partial charge in [-0.3, -0.25) is 0 Å². The first-order valence-corrected chi connectivity index (χ1v) is 7.03. The molecule has 17 heavy (non-hydrogen) atoms. The van der Waals surface area contributed by atoms with Crippen molar-refractivity contribution in [2.75, 3.05) is 0 Å². The Morgan fingerprint density at radius 2 is 1.82 bits per heavy atom. The van der Waals surface area contributed by atoms with Crippen LogP contribution in [0.15, 0.2) is 12.1 Å². The molecule has 0 radical (unpaired) electrons. The molecule has 2 heteroatoms. The van der Waals surface area contributed by atoms with Gasteiger partial charge in [0.1, 0.15) is 0 Å². The highest BCUT2D eigenvalue weighted by Gasteiger charge is 2.23. The number of nitrogens with zero attached hydrogens (tertiary/aromatic N) is 1. The fraction of sp³-hybridized carbons (Fsp3) is 0.533. The molecule has 0 bridgehead atoms. The summed E-state index contributed by atoms with van der Waals surface area (Å²) in [6.45, 7) is 13.4. The highest BCUT2D eigenvalue weighted by atomic mass is 32.1. The van der Waals surface area contributed by atoms with Crippen molar-refractivity contribution >= 4 is 21.6 Å². The molecule has 0 fully saturated rings. The Hall–Kier alpha value is -0.890. The summed E-state index contributed by atoms with van der Waals surface area (Å²) in [5.41, 5.74) is 4.23. The zero-order chi connectivity index (χ0) is 12.8. The maximum Gasteiger partial charge on any atom is 0.0907 e. The van der Waals surface area contributed by atoms with E-state index in [1.165, 1.54) is 21.3 Å². The van der Waals surface area contributed by atoms with Crippen LogP contribution in [0.25, 0.3) is 10.2 Å². The highest BCUT2D eigenvalue weighted by Crippen LogP contribution is 2.37. The van der Waals surface area contributed by atoms with Gasteiger partial charge in [-0.2, -0.15) is 0 Å². The Balaban J connectivity index is 2.84. The summed E-state index contributed by atoms with van der Waals surface area (Å²) >= 11 is 1.79. The number of thiazole rings is 1. The summed E-state index contributed by atoms with van der Waals surface area (Å²) in [5, 5.41) is 1.16. The highest BCUT2D eigenvalue weighted by molar-refractivity contribution is 7.18. The first-order valence-electron chi connectivity index (χ1n) is 6.21. The molecule has 0 aliphatic heterocycles. The monoisotopic (exact) mass is 247 g/mol. The van der Waals surface area contributed by atoms with Gasteiger partial charge in [-0.05, 0) is 35.4 Å². The Bertz CT molecular complexity index is 544. The number of rotatable bonds is 1. The molecule has 92 valence electrons. The van der Waals surface area contributed by atoms with E-state index in [2.05, 4.69) is 53.7 Å². The maximum absolute atomic E-state index is 4.74. The molecule has 1 heterocycles. The van der Waals surface area contributed by atoms with Crippen molar-refractivity contribution in [3.8, 4) is 0 Å². The third kappa shape index (κ3) is 2.23. The summed E-state index contributed by atoms with van der Waals surface area (Å²) in [4.78, 5) is 4.74. The molecule has 0 unspecified atom stereocenters. The second-order valence-corrected chi connectivity index (χ2v) is 7.25. The summed E-state index contributed by atoms with van der Waals surface area (Å²) in [6.07, 6.45) is 0. The van der Waals surface area contributed by atoms with Gasteiger partial charge in [-0.1, -0.05) is 40.7 Å². The Morgan fingerprint density at radius 3 is 2.35 bits per heavy atom. The molecule has 1 aromatic heterocycles.